The first-order valence-electron chi connectivity index (χ1n) is 6.18. The molecular formula is C12H18N2OS. The molecule has 3 rings (SSSR count). The van der Waals surface area contributed by atoms with E-state index in [2.05, 4.69) is 10.7 Å². The molecule has 0 amide bonds. The molecule has 1 aromatic rings. The fraction of sp³-hybridized carbons (Fsp3) is 0.750. The van der Waals surface area contributed by atoms with Crippen LogP contribution in [0.3, 0.4) is 0 Å². The highest BCUT2D eigenvalue weighted by molar-refractivity contribution is 7.09. The van der Waals surface area contributed by atoms with Crippen molar-refractivity contribution in [1.29, 1.82) is 0 Å². The van der Waals surface area contributed by atoms with Gasteiger partial charge < -0.3 is 10.1 Å². The van der Waals surface area contributed by atoms with Crippen molar-refractivity contribution in [2.75, 3.05) is 19.7 Å². The summed E-state index contributed by atoms with van der Waals surface area (Å²) >= 11 is 1.80. The SMILES string of the molecule is c1sc(CC2CNC2)nc1C1CCCCO1. The summed E-state index contributed by atoms with van der Waals surface area (Å²) in [5, 5.41) is 6.78. The smallest absolute Gasteiger partial charge is 0.100 e. The van der Waals surface area contributed by atoms with Crippen LogP contribution >= 0.6 is 11.3 Å². The van der Waals surface area contributed by atoms with E-state index in [4.69, 9.17) is 9.72 Å². The van der Waals surface area contributed by atoms with Crippen molar-refractivity contribution < 1.29 is 4.74 Å². The molecule has 16 heavy (non-hydrogen) atoms. The molecule has 0 aromatic carbocycles. The molecular weight excluding hydrogens is 220 g/mol. The maximum atomic E-state index is 5.75. The van der Waals surface area contributed by atoms with E-state index in [0.717, 1.165) is 38.5 Å². The number of ether oxygens (including phenoxy) is 1. The highest BCUT2D eigenvalue weighted by atomic mass is 32.1. The summed E-state index contributed by atoms with van der Waals surface area (Å²) in [6.45, 7) is 3.23. The van der Waals surface area contributed by atoms with Gasteiger partial charge in [0.1, 0.15) is 6.10 Å². The number of hydrogen-bond donors (Lipinski definition) is 1. The molecule has 1 atom stereocenters. The number of rotatable bonds is 3. The summed E-state index contributed by atoms with van der Waals surface area (Å²) in [7, 11) is 0. The van der Waals surface area contributed by atoms with E-state index >= 15 is 0 Å². The number of nitrogens with one attached hydrogen (secondary N) is 1. The third-order valence-corrected chi connectivity index (χ3v) is 4.30. The molecule has 2 saturated heterocycles. The van der Waals surface area contributed by atoms with Crippen LogP contribution in [0, 0.1) is 5.92 Å². The number of nitrogens with zero attached hydrogens (tertiary/aromatic N) is 1. The normalized spacial score (nSPS) is 26.6. The van der Waals surface area contributed by atoms with Crippen molar-refractivity contribution in [3.8, 4) is 0 Å². The van der Waals surface area contributed by atoms with E-state index < -0.39 is 0 Å². The predicted octanol–water partition coefficient (Wildman–Crippen LogP) is 2.15. The minimum atomic E-state index is 0.276. The Labute approximate surface area is 100 Å². The van der Waals surface area contributed by atoms with Crippen LogP contribution in [0.15, 0.2) is 5.38 Å². The summed E-state index contributed by atoms with van der Waals surface area (Å²) in [4.78, 5) is 4.72. The zero-order valence-corrected chi connectivity index (χ0v) is 10.3. The molecule has 0 radical (unpaired) electrons. The maximum Gasteiger partial charge on any atom is 0.100 e. The Kier molecular flexibility index (Phi) is 3.22. The molecule has 0 aliphatic carbocycles. The minimum absolute atomic E-state index is 0.276. The van der Waals surface area contributed by atoms with Crippen LogP contribution in [0.25, 0.3) is 0 Å². The van der Waals surface area contributed by atoms with Crippen molar-refractivity contribution in [1.82, 2.24) is 10.3 Å². The first-order valence-corrected chi connectivity index (χ1v) is 7.06. The molecule has 0 saturated carbocycles. The van der Waals surface area contributed by atoms with Crippen molar-refractivity contribution in [2.45, 2.75) is 31.8 Å². The molecule has 3 nitrogen and oxygen atoms in total. The Bertz CT molecular complexity index is 343. The molecule has 2 fully saturated rings. The lowest BCUT2D eigenvalue weighted by molar-refractivity contribution is 0.0126. The van der Waals surface area contributed by atoms with E-state index in [1.54, 1.807) is 11.3 Å². The van der Waals surface area contributed by atoms with Crippen molar-refractivity contribution in [2.24, 2.45) is 5.92 Å². The van der Waals surface area contributed by atoms with Gasteiger partial charge in [-0.2, -0.15) is 0 Å². The van der Waals surface area contributed by atoms with Gasteiger partial charge in [0, 0.05) is 18.4 Å². The second-order valence-corrected chi connectivity index (χ2v) is 5.69. The summed E-state index contributed by atoms with van der Waals surface area (Å²) in [5.74, 6) is 0.811. The summed E-state index contributed by atoms with van der Waals surface area (Å²) in [6, 6.07) is 0. The van der Waals surface area contributed by atoms with Gasteiger partial charge in [0.15, 0.2) is 0 Å². The van der Waals surface area contributed by atoms with E-state index in [0.29, 0.717) is 0 Å². The molecule has 88 valence electrons. The van der Waals surface area contributed by atoms with Crippen LogP contribution in [-0.2, 0) is 11.2 Å². The standard InChI is InChI=1S/C12H18N2OS/c1-2-4-15-11(3-1)10-8-16-12(14-10)5-9-6-13-7-9/h8-9,11,13H,1-7H2. The number of aromatic nitrogens is 1. The largest absolute Gasteiger partial charge is 0.372 e. The second-order valence-electron chi connectivity index (χ2n) is 4.75. The monoisotopic (exact) mass is 238 g/mol. The third-order valence-electron chi connectivity index (χ3n) is 3.41. The minimum Gasteiger partial charge on any atom is -0.372 e. The number of thiazole rings is 1. The third kappa shape index (κ3) is 2.29. The van der Waals surface area contributed by atoms with Crippen LogP contribution in [0.1, 0.15) is 36.1 Å². The Hall–Kier alpha value is -0.450. The first kappa shape index (κ1) is 10.7. The van der Waals surface area contributed by atoms with Gasteiger partial charge >= 0.3 is 0 Å². The molecule has 4 heteroatoms. The van der Waals surface area contributed by atoms with E-state index in [1.807, 2.05) is 0 Å². The lowest BCUT2D eigenvalue weighted by atomic mass is 10.00. The van der Waals surface area contributed by atoms with Gasteiger partial charge in [0.25, 0.3) is 0 Å². The Morgan fingerprint density at radius 2 is 2.38 bits per heavy atom. The Morgan fingerprint density at radius 1 is 1.44 bits per heavy atom. The fourth-order valence-corrected chi connectivity index (χ4v) is 3.23. The predicted molar refractivity (Wildman–Crippen MR) is 64.7 cm³/mol. The van der Waals surface area contributed by atoms with Gasteiger partial charge in [-0.25, -0.2) is 4.98 Å². The molecule has 1 unspecified atom stereocenters. The lowest BCUT2D eigenvalue weighted by Crippen LogP contribution is -2.43. The van der Waals surface area contributed by atoms with E-state index in [9.17, 15) is 0 Å². The zero-order chi connectivity index (χ0) is 10.8. The molecule has 1 aromatic heterocycles. The van der Waals surface area contributed by atoms with Gasteiger partial charge in [-0.05, 0) is 38.3 Å². The highest BCUT2D eigenvalue weighted by Crippen LogP contribution is 2.29. The molecule has 0 spiro atoms. The molecule has 3 heterocycles. The number of hydrogen-bond acceptors (Lipinski definition) is 4. The van der Waals surface area contributed by atoms with Gasteiger partial charge in [0.2, 0.25) is 0 Å². The summed E-state index contributed by atoms with van der Waals surface area (Å²) < 4.78 is 5.75. The van der Waals surface area contributed by atoms with Crippen LogP contribution in [-0.4, -0.2) is 24.7 Å². The van der Waals surface area contributed by atoms with Crippen molar-refractivity contribution in [3.63, 3.8) is 0 Å². The van der Waals surface area contributed by atoms with Gasteiger partial charge in [0.05, 0.1) is 10.7 Å². The summed E-state index contributed by atoms with van der Waals surface area (Å²) in [6.07, 6.45) is 5.06. The average Bonchev–Trinajstić information content (AvgIpc) is 2.73. The quantitative estimate of drug-likeness (QED) is 0.876. The van der Waals surface area contributed by atoms with Crippen LogP contribution in [0.4, 0.5) is 0 Å². The molecule has 1 N–H and O–H groups in total. The molecule has 2 aliphatic rings. The van der Waals surface area contributed by atoms with Crippen LogP contribution < -0.4 is 5.32 Å². The van der Waals surface area contributed by atoms with E-state index in [1.165, 1.54) is 23.5 Å². The van der Waals surface area contributed by atoms with Crippen LogP contribution in [0.5, 0.6) is 0 Å². The van der Waals surface area contributed by atoms with Gasteiger partial charge in [-0.15, -0.1) is 11.3 Å². The average molecular weight is 238 g/mol. The van der Waals surface area contributed by atoms with Gasteiger partial charge in [-0.1, -0.05) is 0 Å². The molecule has 2 aliphatic heterocycles. The maximum absolute atomic E-state index is 5.75. The second kappa shape index (κ2) is 4.82. The highest BCUT2D eigenvalue weighted by Gasteiger charge is 2.21. The Morgan fingerprint density at radius 3 is 3.06 bits per heavy atom. The topological polar surface area (TPSA) is 34.2 Å². The molecule has 0 bridgehead atoms. The van der Waals surface area contributed by atoms with Crippen LogP contribution in [0.2, 0.25) is 0 Å². The fourth-order valence-electron chi connectivity index (χ4n) is 2.28. The zero-order valence-electron chi connectivity index (χ0n) is 9.45. The van der Waals surface area contributed by atoms with Gasteiger partial charge in [-0.3, -0.25) is 0 Å². The van der Waals surface area contributed by atoms with Crippen molar-refractivity contribution in [3.05, 3.63) is 16.1 Å². The Balaban J connectivity index is 1.61. The summed E-state index contributed by atoms with van der Waals surface area (Å²) in [5.41, 5.74) is 1.17. The van der Waals surface area contributed by atoms with E-state index in [-0.39, 0.29) is 6.10 Å². The van der Waals surface area contributed by atoms with Crippen molar-refractivity contribution >= 4 is 11.3 Å². The first-order chi connectivity index (χ1) is 7.92. The lowest BCUT2D eigenvalue weighted by Gasteiger charge is -2.26.